The normalized spacial score (nSPS) is 13.5. The van der Waals surface area contributed by atoms with Crippen LogP contribution < -0.4 is 9.47 Å². The smallest absolute Gasteiger partial charge is 0.406 e. The first-order chi connectivity index (χ1) is 9.76. The van der Waals surface area contributed by atoms with Crippen LogP contribution in [0.3, 0.4) is 0 Å². The molecule has 1 heterocycles. The fraction of sp³-hybridized carbons (Fsp3) is 0.462. The Morgan fingerprint density at radius 2 is 1.81 bits per heavy atom. The van der Waals surface area contributed by atoms with E-state index in [2.05, 4.69) is 4.98 Å². The van der Waals surface area contributed by atoms with Crippen molar-refractivity contribution < 1.29 is 22.6 Å². The lowest BCUT2D eigenvalue weighted by molar-refractivity contribution is -0.140. The van der Waals surface area contributed by atoms with Crippen LogP contribution in [0.2, 0.25) is 0 Å². The van der Waals surface area contributed by atoms with Gasteiger partial charge < -0.3 is 14.0 Å². The van der Waals surface area contributed by atoms with E-state index in [-0.39, 0.29) is 5.82 Å². The fourth-order valence-corrected chi connectivity index (χ4v) is 2.29. The monoisotopic (exact) mass is 322 g/mol. The first-order valence-electron chi connectivity index (χ1n) is 6.09. The molecule has 8 heteroatoms. The third-order valence-electron chi connectivity index (χ3n) is 2.98. The third-order valence-corrected chi connectivity index (χ3v) is 3.17. The molecule has 0 saturated heterocycles. The second-order valence-electron chi connectivity index (χ2n) is 4.48. The van der Waals surface area contributed by atoms with E-state index in [9.17, 15) is 13.2 Å². The van der Waals surface area contributed by atoms with Gasteiger partial charge in [-0.25, -0.2) is 4.98 Å². The number of imidazole rings is 1. The lowest BCUT2D eigenvalue weighted by Crippen LogP contribution is -2.19. The zero-order chi connectivity index (χ0) is 15.8. The summed E-state index contributed by atoms with van der Waals surface area (Å²) in [6, 6.07) is 3.00. The number of halogens is 4. The van der Waals surface area contributed by atoms with Crippen molar-refractivity contribution in [2.24, 2.45) is 0 Å². The van der Waals surface area contributed by atoms with Crippen LogP contribution in [0.15, 0.2) is 12.1 Å². The molecule has 0 bridgehead atoms. The van der Waals surface area contributed by atoms with E-state index in [4.69, 9.17) is 21.1 Å². The average molecular weight is 323 g/mol. The lowest BCUT2D eigenvalue weighted by Gasteiger charge is -2.13. The Morgan fingerprint density at radius 1 is 1.24 bits per heavy atom. The van der Waals surface area contributed by atoms with Crippen molar-refractivity contribution in [2.45, 2.75) is 25.0 Å². The minimum atomic E-state index is -4.37. The van der Waals surface area contributed by atoms with Gasteiger partial charge in [-0.05, 0) is 6.92 Å². The second kappa shape index (κ2) is 5.63. The molecule has 0 amide bonds. The Kier molecular flexibility index (Phi) is 4.22. The summed E-state index contributed by atoms with van der Waals surface area (Å²) in [4.78, 5) is 4.18. The summed E-state index contributed by atoms with van der Waals surface area (Å²) >= 11 is 5.94. The molecule has 4 nitrogen and oxygen atoms in total. The first kappa shape index (κ1) is 15.8. The van der Waals surface area contributed by atoms with Gasteiger partial charge in [0.2, 0.25) is 0 Å². The van der Waals surface area contributed by atoms with Gasteiger partial charge in [-0.3, -0.25) is 0 Å². The number of fused-ring (bicyclic) bond motifs is 1. The quantitative estimate of drug-likeness (QED) is 0.801. The van der Waals surface area contributed by atoms with Crippen LogP contribution in [0.1, 0.15) is 18.1 Å². The molecule has 0 radical (unpaired) electrons. The number of hydrogen-bond donors (Lipinski definition) is 0. The van der Waals surface area contributed by atoms with E-state index < -0.39 is 18.1 Å². The summed E-state index contributed by atoms with van der Waals surface area (Å²) in [5, 5.41) is -0.656. The molecule has 2 rings (SSSR count). The summed E-state index contributed by atoms with van der Waals surface area (Å²) in [5.41, 5.74) is 0.673. The van der Waals surface area contributed by atoms with Gasteiger partial charge in [0.15, 0.2) is 11.5 Å². The van der Waals surface area contributed by atoms with E-state index in [1.165, 1.54) is 26.4 Å². The Morgan fingerprint density at radius 3 is 2.29 bits per heavy atom. The highest BCUT2D eigenvalue weighted by molar-refractivity contribution is 6.20. The van der Waals surface area contributed by atoms with Crippen LogP contribution >= 0.6 is 11.6 Å². The zero-order valence-electron chi connectivity index (χ0n) is 11.7. The maximum absolute atomic E-state index is 12.8. The molecule has 0 spiro atoms. The van der Waals surface area contributed by atoms with E-state index in [1.807, 2.05) is 0 Å². The van der Waals surface area contributed by atoms with Crippen molar-refractivity contribution in [3.63, 3.8) is 0 Å². The van der Waals surface area contributed by atoms with Crippen LogP contribution in [-0.2, 0) is 6.54 Å². The highest BCUT2D eigenvalue weighted by Gasteiger charge is 2.31. The molecule has 1 atom stereocenters. The highest BCUT2D eigenvalue weighted by atomic mass is 35.5. The molecule has 116 valence electrons. The molecule has 1 unspecified atom stereocenters. The summed E-state index contributed by atoms with van der Waals surface area (Å²) < 4.78 is 49.6. The highest BCUT2D eigenvalue weighted by Crippen LogP contribution is 2.35. The molecule has 21 heavy (non-hydrogen) atoms. The maximum atomic E-state index is 12.8. The van der Waals surface area contributed by atoms with Crippen LogP contribution in [0.25, 0.3) is 11.0 Å². The van der Waals surface area contributed by atoms with Crippen molar-refractivity contribution in [2.75, 3.05) is 14.2 Å². The van der Waals surface area contributed by atoms with Crippen molar-refractivity contribution in [1.82, 2.24) is 9.55 Å². The third kappa shape index (κ3) is 3.18. The largest absolute Gasteiger partial charge is 0.493 e. The number of ether oxygens (including phenoxy) is 2. The molecule has 2 aromatic rings. The first-order valence-corrected chi connectivity index (χ1v) is 6.53. The number of benzene rings is 1. The Hall–Kier alpha value is -1.63. The number of methoxy groups -OCH3 is 2. The number of alkyl halides is 4. The zero-order valence-corrected chi connectivity index (χ0v) is 12.4. The van der Waals surface area contributed by atoms with Crippen molar-refractivity contribution in [1.29, 1.82) is 0 Å². The summed E-state index contributed by atoms with van der Waals surface area (Å²) in [5.74, 6) is 0.886. The van der Waals surface area contributed by atoms with Crippen molar-refractivity contribution in [3.8, 4) is 11.5 Å². The summed E-state index contributed by atoms with van der Waals surface area (Å²) in [6.45, 7) is 0.412. The summed E-state index contributed by atoms with van der Waals surface area (Å²) in [6.07, 6.45) is -4.37. The topological polar surface area (TPSA) is 36.3 Å². The molecule has 0 aliphatic heterocycles. The molecular formula is C13H14ClF3N2O2. The maximum Gasteiger partial charge on any atom is 0.406 e. The second-order valence-corrected chi connectivity index (χ2v) is 5.14. The van der Waals surface area contributed by atoms with Crippen LogP contribution in [0.4, 0.5) is 13.2 Å². The average Bonchev–Trinajstić information content (AvgIpc) is 2.73. The van der Waals surface area contributed by atoms with E-state index in [0.717, 1.165) is 4.57 Å². The van der Waals surface area contributed by atoms with Gasteiger partial charge in [0.05, 0.1) is 30.6 Å². The number of hydrogen-bond acceptors (Lipinski definition) is 3. The number of aromatic nitrogens is 2. The predicted octanol–water partition coefficient (Wildman–Crippen LogP) is 3.92. The van der Waals surface area contributed by atoms with Gasteiger partial charge in [0.25, 0.3) is 0 Å². The number of nitrogens with zero attached hydrogens (tertiary/aromatic N) is 2. The Labute approximate surface area is 124 Å². The van der Waals surface area contributed by atoms with Crippen LogP contribution in [0.5, 0.6) is 11.5 Å². The molecule has 0 saturated carbocycles. The van der Waals surface area contributed by atoms with E-state index in [1.54, 1.807) is 6.92 Å². The molecule has 0 fully saturated rings. The predicted molar refractivity (Wildman–Crippen MR) is 73.2 cm³/mol. The minimum Gasteiger partial charge on any atom is -0.493 e. The standard InChI is InChI=1S/C13H14ClF3N2O2/c1-7(14)12-18-8-4-10(20-2)11(21-3)5-9(8)19(12)6-13(15,16)17/h4-5,7H,6H2,1-3H3. The van der Waals surface area contributed by atoms with Gasteiger partial charge in [0, 0.05) is 12.1 Å². The van der Waals surface area contributed by atoms with E-state index >= 15 is 0 Å². The van der Waals surface area contributed by atoms with Gasteiger partial charge in [-0.1, -0.05) is 0 Å². The Balaban J connectivity index is 2.70. The van der Waals surface area contributed by atoms with Crippen molar-refractivity contribution in [3.05, 3.63) is 18.0 Å². The van der Waals surface area contributed by atoms with Gasteiger partial charge in [-0.2, -0.15) is 13.2 Å². The van der Waals surface area contributed by atoms with Crippen molar-refractivity contribution >= 4 is 22.6 Å². The molecule has 1 aromatic heterocycles. The Bertz CT molecular complexity index is 653. The molecular weight excluding hydrogens is 309 g/mol. The van der Waals surface area contributed by atoms with E-state index in [0.29, 0.717) is 22.5 Å². The SMILES string of the molecule is COc1cc2nc(C(C)Cl)n(CC(F)(F)F)c2cc1OC. The van der Waals surface area contributed by atoms with Crippen LogP contribution in [-0.4, -0.2) is 29.9 Å². The lowest BCUT2D eigenvalue weighted by atomic mass is 10.2. The summed E-state index contributed by atoms with van der Waals surface area (Å²) in [7, 11) is 2.86. The number of rotatable bonds is 4. The van der Waals surface area contributed by atoms with Gasteiger partial charge in [-0.15, -0.1) is 11.6 Å². The van der Waals surface area contributed by atoms with Gasteiger partial charge >= 0.3 is 6.18 Å². The molecule has 0 N–H and O–H groups in total. The minimum absolute atomic E-state index is 0.152. The molecule has 1 aromatic carbocycles. The fourth-order valence-electron chi connectivity index (χ4n) is 2.12. The van der Waals surface area contributed by atoms with Gasteiger partial charge in [0.1, 0.15) is 12.4 Å². The van der Waals surface area contributed by atoms with Crippen LogP contribution in [0, 0.1) is 0 Å². The molecule has 0 aliphatic carbocycles. The molecule has 0 aliphatic rings.